The molecule has 2 rings (SSSR count). The quantitative estimate of drug-likeness (QED) is 0.807. The molecule has 5 nitrogen and oxygen atoms in total. The summed E-state index contributed by atoms with van der Waals surface area (Å²) in [5.41, 5.74) is 6.02. The first-order valence-corrected chi connectivity index (χ1v) is 9.25. The summed E-state index contributed by atoms with van der Waals surface area (Å²) in [4.78, 5) is 25.9. The number of amides is 1. The zero-order chi connectivity index (χ0) is 15.4. The van der Waals surface area contributed by atoms with E-state index in [-0.39, 0.29) is 11.9 Å². The number of piperidine rings is 1. The molecule has 21 heavy (non-hydrogen) atoms. The van der Waals surface area contributed by atoms with Gasteiger partial charge in [0.25, 0.3) is 0 Å². The summed E-state index contributed by atoms with van der Waals surface area (Å²) in [6, 6.07) is -1.17. The van der Waals surface area contributed by atoms with Gasteiger partial charge in [-0.05, 0) is 50.0 Å². The summed E-state index contributed by atoms with van der Waals surface area (Å²) in [7, 11) is 0. The Bertz CT molecular complexity index is 391. The van der Waals surface area contributed by atoms with Crippen molar-refractivity contribution in [1.82, 2.24) is 4.90 Å². The first-order valence-electron chi connectivity index (χ1n) is 7.85. The van der Waals surface area contributed by atoms with Gasteiger partial charge in [-0.2, -0.15) is 11.8 Å². The molecule has 4 atom stereocenters. The highest BCUT2D eigenvalue weighted by molar-refractivity contribution is 7.98. The first kappa shape index (κ1) is 16.6. The number of carboxylic acid groups (broad SMARTS) is 1. The molecular formula is C15H26N2O3S. The van der Waals surface area contributed by atoms with Crippen molar-refractivity contribution < 1.29 is 14.7 Å². The summed E-state index contributed by atoms with van der Waals surface area (Å²) in [5, 5.41) is 9.47. The number of rotatable bonds is 5. The predicted molar refractivity (Wildman–Crippen MR) is 84.2 cm³/mol. The molecule has 0 aromatic heterocycles. The van der Waals surface area contributed by atoms with Gasteiger partial charge in [0.2, 0.25) is 5.91 Å². The number of thioether (sulfide) groups is 1. The van der Waals surface area contributed by atoms with Crippen LogP contribution in [0.1, 0.15) is 44.9 Å². The third-order valence-corrected chi connectivity index (χ3v) is 5.51. The zero-order valence-electron chi connectivity index (χ0n) is 12.7. The second-order valence-corrected chi connectivity index (χ2v) is 7.16. The van der Waals surface area contributed by atoms with E-state index in [0.717, 1.165) is 31.4 Å². The van der Waals surface area contributed by atoms with Crippen LogP contribution in [0.15, 0.2) is 0 Å². The maximum absolute atomic E-state index is 12.7. The molecule has 1 saturated heterocycles. The smallest absolute Gasteiger partial charge is 0.326 e. The Morgan fingerprint density at radius 3 is 2.67 bits per heavy atom. The molecule has 0 aromatic carbocycles. The molecule has 2 fully saturated rings. The lowest BCUT2D eigenvalue weighted by Crippen LogP contribution is -2.60. The Morgan fingerprint density at radius 1 is 1.29 bits per heavy atom. The van der Waals surface area contributed by atoms with Crippen LogP contribution >= 0.6 is 11.8 Å². The minimum Gasteiger partial charge on any atom is -0.480 e. The van der Waals surface area contributed by atoms with Gasteiger partial charge in [-0.3, -0.25) is 4.79 Å². The van der Waals surface area contributed by atoms with E-state index in [0.29, 0.717) is 18.8 Å². The third-order valence-electron chi connectivity index (χ3n) is 4.86. The van der Waals surface area contributed by atoms with Gasteiger partial charge < -0.3 is 15.7 Å². The molecular weight excluding hydrogens is 288 g/mol. The topological polar surface area (TPSA) is 83.6 Å². The summed E-state index contributed by atoms with van der Waals surface area (Å²) in [5.74, 6) is 0.246. The summed E-state index contributed by atoms with van der Waals surface area (Å²) < 4.78 is 0. The van der Waals surface area contributed by atoms with Crippen molar-refractivity contribution >= 4 is 23.6 Å². The van der Waals surface area contributed by atoms with Crippen molar-refractivity contribution in [1.29, 1.82) is 0 Å². The molecule has 0 spiro atoms. The fraction of sp³-hybridized carbons (Fsp3) is 0.867. The Labute approximate surface area is 130 Å². The number of aliphatic carboxylic acids is 1. The number of nitrogens with two attached hydrogens (primary N) is 1. The van der Waals surface area contributed by atoms with Crippen molar-refractivity contribution in [2.24, 2.45) is 11.7 Å². The van der Waals surface area contributed by atoms with Gasteiger partial charge in [0.05, 0.1) is 6.04 Å². The average molecular weight is 314 g/mol. The van der Waals surface area contributed by atoms with Crippen LogP contribution in [-0.4, -0.2) is 52.0 Å². The molecule has 1 aliphatic carbocycles. The van der Waals surface area contributed by atoms with E-state index in [1.807, 2.05) is 6.26 Å². The number of carboxylic acids is 1. The van der Waals surface area contributed by atoms with Crippen molar-refractivity contribution in [2.75, 3.05) is 12.0 Å². The number of carbonyl (C=O) groups is 2. The standard InChI is InChI=1S/C15H26N2O3S/c1-21-9-8-11(16)14(18)17-12-5-3-2-4-10(12)6-7-13(17)15(19)20/h10-13H,2-9,16H2,1H3,(H,19,20)/t10?,11-,12?,13?/m0/s1. The molecule has 6 heteroatoms. The fourth-order valence-corrected chi connectivity index (χ4v) is 4.24. The molecule has 1 aliphatic heterocycles. The van der Waals surface area contributed by atoms with Crippen molar-refractivity contribution in [2.45, 2.75) is 63.1 Å². The van der Waals surface area contributed by atoms with Crippen LogP contribution in [0.3, 0.4) is 0 Å². The van der Waals surface area contributed by atoms with Crippen LogP contribution in [0.5, 0.6) is 0 Å². The van der Waals surface area contributed by atoms with E-state index < -0.39 is 18.1 Å². The van der Waals surface area contributed by atoms with Crippen LogP contribution in [0, 0.1) is 5.92 Å². The third kappa shape index (κ3) is 3.72. The number of nitrogens with zero attached hydrogens (tertiary/aromatic N) is 1. The van der Waals surface area contributed by atoms with Crippen molar-refractivity contribution in [3.05, 3.63) is 0 Å². The van der Waals surface area contributed by atoms with Crippen LogP contribution in [0.25, 0.3) is 0 Å². The Kier molecular flexibility index (Phi) is 5.93. The second kappa shape index (κ2) is 7.49. The number of hydrogen-bond donors (Lipinski definition) is 2. The maximum atomic E-state index is 12.7. The molecule has 0 aromatic rings. The maximum Gasteiger partial charge on any atom is 0.326 e. The number of fused-ring (bicyclic) bond motifs is 1. The predicted octanol–water partition coefficient (Wildman–Crippen LogP) is 1.70. The van der Waals surface area contributed by atoms with Crippen LogP contribution < -0.4 is 5.73 Å². The van der Waals surface area contributed by atoms with Crippen LogP contribution in [0.2, 0.25) is 0 Å². The van der Waals surface area contributed by atoms with Gasteiger partial charge >= 0.3 is 5.97 Å². The molecule has 120 valence electrons. The molecule has 2 aliphatic rings. The molecule has 1 amide bonds. The van der Waals surface area contributed by atoms with Gasteiger partial charge in [-0.25, -0.2) is 4.79 Å². The van der Waals surface area contributed by atoms with E-state index in [9.17, 15) is 14.7 Å². The molecule has 1 saturated carbocycles. The Morgan fingerprint density at radius 2 is 2.00 bits per heavy atom. The van der Waals surface area contributed by atoms with Gasteiger partial charge in [-0.15, -0.1) is 0 Å². The van der Waals surface area contributed by atoms with E-state index >= 15 is 0 Å². The highest BCUT2D eigenvalue weighted by Gasteiger charge is 2.44. The Balaban J connectivity index is 2.15. The highest BCUT2D eigenvalue weighted by Crippen LogP contribution is 2.38. The summed E-state index contributed by atoms with van der Waals surface area (Å²) >= 11 is 1.66. The van der Waals surface area contributed by atoms with E-state index in [2.05, 4.69) is 0 Å². The highest BCUT2D eigenvalue weighted by atomic mass is 32.2. The second-order valence-electron chi connectivity index (χ2n) is 6.18. The van der Waals surface area contributed by atoms with E-state index in [1.54, 1.807) is 16.7 Å². The number of likely N-dealkylation sites (tertiary alicyclic amines) is 1. The minimum absolute atomic E-state index is 0.0847. The van der Waals surface area contributed by atoms with E-state index in [1.165, 1.54) is 6.42 Å². The average Bonchev–Trinajstić information content (AvgIpc) is 2.50. The molecule has 1 heterocycles. The van der Waals surface area contributed by atoms with Crippen LogP contribution in [0.4, 0.5) is 0 Å². The van der Waals surface area contributed by atoms with Crippen LogP contribution in [-0.2, 0) is 9.59 Å². The van der Waals surface area contributed by atoms with Gasteiger partial charge in [-0.1, -0.05) is 12.8 Å². The first-order chi connectivity index (χ1) is 10.1. The molecule has 3 N–H and O–H groups in total. The lowest BCUT2D eigenvalue weighted by molar-refractivity contribution is -0.159. The van der Waals surface area contributed by atoms with Gasteiger partial charge in [0.1, 0.15) is 6.04 Å². The lowest BCUT2D eigenvalue weighted by atomic mass is 9.76. The summed E-state index contributed by atoms with van der Waals surface area (Å²) in [6.45, 7) is 0. The van der Waals surface area contributed by atoms with E-state index in [4.69, 9.17) is 5.73 Å². The van der Waals surface area contributed by atoms with Crippen molar-refractivity contribution in [3.63, 3.8) is 0 Å². The molecule has 3 unspecified atom stereocenters. The number of hydrogen-bond acceptors (Lipinski definition) is 4. The van der Waals surface area contributed by atoms with Gasteiger partial charge in [0, 0.05) is 6.04 Å². The summed E-state index contributed by atoms with van der Waals surface area (Å²) in [6.07, 6.45) is 8.39. The van der Waals surface area contributed by atoms with Gasteiger partial charge in [0.15, 0.2) is 0 Å². The lowest BCUT2D eigenvalue weighted by Gasteiger charge is -2.47. The van der Waals surface area contributed by atoms with Crippen molar-refractivity contribution in [3.8, 4) is 0 Å². The monoisotopic (exact) mass is 314 g/mol. The fourth-order valence-electron chi connectivity index (χ4n) is 3.75. The normalized spacial score (nSPS) is 30.6. The minimum atomic E-state index is -0.885. The zero-order valence-corrected chi connectivity index (χ0v) is 13.5. The SMILES string of the molecule is CSCC[C@H](N)C(=O)N1C(C(=O)O)CCC2CCCCC21. The molecule has 0 bridgehead atoms. The largest absolute Gasteiger partial charge is 0.480 e. The Hall–Kier alpha value is -0.750. The number of carbonyl (C=O) groups excluding carboxylic acids is 1. The molecule has 0 radical (unpaired) electrons.